The van der Waals surface area contributed by atoms with E-state index in [4.69, 9.17) is 11.0 Å². The normalized spacial score (nSPS) is 9.33. The molecule has 0 atom stereocenters. The van der Waals surface area contributed by atoms with Gasteiger partial charge in [-0.1, -0.05) is 12.1 Å². The molecule has 94 valence electrons. The molecule has 0 heterocycles. The Morgan fingerprint density at radius 1 is 1.22 bits per heavy atom. The second-order valence-electron chi connectivity index (χ2n) is 3.56. The van der Waals surface area contributed by atoms with Crippen LogP contribution in [0, 0.1) is 11.3 Å². The highest BCUT2D eigenvalue weighted by molar-refractivity contribution is 5.94. The Morgan fingerprint density at radius 2 is 1.89 bits per heavy atom. The number of rotatable bonds is 5. The largest absolute Gasteiger partial charge is 0.346 e. The van der Waals surface area contributed by atoms with Gasteiger partial charge in [0.2, 0.25) is 11.8 Å². The molecule has 0 unspecified atom stereocenters. The molecule has 1 aromatic rings. The molecule has 0 spiro atoms. The Balaban J connectivity index is 2.45. The SMILES string of the molecule is N#CCc1ccc(NC(=O)CNC(=O)CN)cc1. The van der Waals surface area contributed by atoms with Gasteiger partial charge in [-0.15, -0.1) is 0 Å². The van der Waals surface area contributed by atoms with E-state index < -0.39 is 0 Å². The number of nitriles is 1. The zero-order chi connectivity index (χ0) is 13.4. The van der Waals surface area contributed by atoms with Crippen LogP contribution in [-0.2, 0) is 16.0 Å². The molecule has 2 amide bonds. The first-order valence-corrected chi connectivity index (χ1v) is 5.38. The van der Waals surface area contributed by atoms with Crippen LogP contribution in [0.3, 0.4) is 0 Å². The third-order valence-corrected chi connectivity index (χ3v) is 2.15. The predicted octanol–water partition coefficient (Wildman–Crippen LogP) is -0.234. The summed E-state index contributed by atoms with van der Waals surface area (Å²) in [5.74, 6) is -0.709. The van der Waals surface area contributed by atoms with Crippen LogP contribution in [0.25, 0.3) is 0 Å². The summed E-state index contributed by atoms with van der Waals surface area (Å²) in [6.07, 6.45) is 0.334. The molecule has 4 N–H and O–H groups in total. The van der Waals surface area contributed by atoms with Gasteiger partial charge in [-0.25, -0.2) is 0 Å². The third kappa shape index (κ3) is 4.63. The smallest absolute Gasteiger partial charge is 0.243 e. The fourth-order valence-corrected chi connectivity index (χ4v) is 1.25. The maximum Gasteiger partial charge on any atom is 0.243 e. The van der Waals surface area contributed by atoms with Gasteiger partial charge >= 0.3 is 0 Å². The Labute approximate surface area is 105 Å². The van der Waals surface area contributed by atoms with Crippen LogP contribution in [0.5, 0.6) is 0 Å². The van der Waals surface area contributed by atoms with Gasteiger partial charge in [-0.2, -0.15) is 5.26 Å². The van der Waals surface area contributed by atoms with Crippen molar-refractivity contribution in [3.05, 3.63) is 29.8 Å². The summed E-state index contributed by atoms with van der Waals surface area (Å²) in [5, 5.41) is 13.5. The van der Waals surface area contributed by atoms with Gasteiger partial charge < -0.3 is 16.4 Å². The van der Waals surface area contributed by atoms with E-state index in [9.17, 15) is 9.59 Å². The molecule has 1 aromatic carbocycles. The van der Waals surface area contributed by atoms with E-state index in [0.717, 1.165) is 5.56 Å². The summed E-state index contributed by atoms with van der Waals surface area (Å²) in [6.45, 7) is -0.258. The van der Waals surface area contributed by atoms with Gasteiger partial charge in [0, 0.05) is 5.69 Å². The second kappa shape index (κ2) is 7.04. The molecule has 0 bridgehead atoms. The van der Waals surface area contributed by atoms with Crippen molar-refractivity contribution in [2.45, 2.75) is 6.42 Å². The molecule has 6 nitrogen and oxygen atoms in total. The number of nitrogens with one attached hydrogen (secondary N) is 2. The lowest BCUT2D eigenvalue weighted by Crippen LogP contribution is -2.36. The molecule has 0 aliphatic heterocycles. The lowest BCUT2D eigenvalue weighted by atomic mass is 10.1. The number of amides is 2. The van der Waals surface area contributed by atoms with E-state index in [1.54, 1.807) is 24.3 Å². The summed E-state index contributed by atoms with van der Waals surface area (Å²) in [6, 6.07) is 8.97. The number of nitrogens with zero attached hydrogens (tertiary/aromatic N) is 1. The van der Waals surface area contributed by atoms with Crippen molar-refractivity contribution in [3.8, 4) is 6.07 Å². The number of nitrogens with two attached hydrogens (primary N) is 1. The highest BCUT2D eigenvalue weighted by Gasteiger charge is 2.04. The Hall–Kier alpha value is -2.39. The summed E-state index contributed by atoms with van der Waals surface area (Å²) in [7, 11) is 0. The Morgan fingerprint density at radius 3 is 2.44 bits per heavy atom. The number of benzene rings is 1. The average molecular weight is 246 g/mol. The first-order chi connectivity index (χ1) is 8.65. The standard InChI is InChI=1S/C12H14N4O2/c13-6-5-9-1-3-10(4-2-9)16-12(18)8-15-11(17)7-14/h1-4H,5,7-8,14H2,(H,15,17)(H,16,18). The van der Waals surface area contributed by atoms with Crippen molar-refractivity contribution in [1.29, 1.82) is 5.26 Å². The fraction of sp³-hybridized carbons (Fsp3) is 0.250. The quantitative estimate of drug-likeness (QED) is 0.666. The van der Waals surface area contributed by atoms with Crippen molar-refractivity contribution in [3.63, 3.8) is 0 Å². The van der Waals surface area contributed by atoms with E-state index in [-0.39, 0.29) is 24.9 Å². The molecule has 0 saturated carbocycles. The van der Waals surface area contributed by atoms with Crippen LogP contribution < -0.4 is 16.4 Å². The van der Waals surface area contributed by atoms with Gasteiger partial charge in [0.15, 0.2) is 0 Å². The number of hydrogen-bond acceptors (Lipinski definition) is 4. The van der Waals surface area contributed by atoms with Crippen molar-refractivity contribution in [2.24, 2.45) is 5.73 Å². The van der Waals surface area contributed by atoms with E-state index in [1.807, 2.05) is 6.07 Å². The molecule has 0 fully saturated rings. The van der Waals surface area contributed by atoms with Crippen LogP contribution in [0.4, 0.5) is 5.69 Å². The van der Waals surface area contributed by atoms with Crippen molar-refractivity contribution >= 4 is 17.5 Å². The summed E-state index contributed by atoms with van der Waals surface area (Å²) >= 11 is 0. The minimum Gasteiger partial charge on any atom is -0.346 e. The van der Waals surface area contributed by atoms with Crippen LogP contribution in [0.2, 0.25) is 0 Å². The highest BCUT2D eigenvalue weighted by Crippen LogP contribution is 2.09. The molecule has 1 rings (SSSR count). The topological polar surface area (TPSA) is 108 Å². The van der Waals surface area contributed by atoms with Crippen LogP contribution >= 0.6 is 0 Å². The first-order valence-electron chi connectivity index (χ1n) is 5.38. The molecule has 6 heteroatoms. The summed E-state index contributed by atoms with van der Waals surface area (Å²) < 4.78 is 0. The number of anilines is 1. The Kier molecular flexibility index (Phi) is 5.35. The minimum absolute atomic E-state index is 0.115. The van der Waals surface area contributed by atoms with Crippen molar-refractivity contribution in [1.82, 2.24) is 5.32 Å². The van der Waals surface area contributed by atoms with Gasteiger partial charge in [0.1, 0.15) is 0 Å². The van der Waals surface area contributed by atoms with Gasteiger partial charge in [0.05, 0.1) is 25.6 Å². The minimum atomic E-state index is -0.380. The fourth-order valence-electron chi connectivity index (χ4n) is 1.25. The maximum atomic E-state index is 11.4. The first kappa shape index (κ1) is 13.7. The van der Waals surface area contributed by atoms with Crippen LogP contribution in [-0.4, -0.2) is 24.9 Å². The molecule has 0 aliphatic rings. The lowest BCUT2D eigenvalue weighted by molar-refractivity contribution is -0.123. The third-order valence-electron chi connectivity index (χ3n) is 2.15. The van der Waals surface area contributed by atoms with E-state index in [1.165, 1.54) is 0 Å². The van der Waals surface area contributed by atoms with E-state index in [2.05, 4.69) is 10.6 Å². The van der Waals surface area contributed by atoms with Crippen LogP contribution in [0.1, 0.15) is 5.56 Å². The highest BCUT2D eigenvalue weighted by atomic mass is 16.2. The molecule has 0 saturated heterocycles. The molecule has 0 radical (unpaired) electrons. The zero-order valence-electron chi connectivity index (χ0n) is 9.77. The zero-order valence-corrected chi connectivity index (χ0v) is 9.77. The van der Waals surface area contributed by atoms with Gasteiger partial charge in [-0.3, -0.25) is 9.59 Å². The summed E-state index contributed by atoms with van der Waals surface area (Å²) in [4.78, 5) is 22.3. The van der Waals surface area contributed by atoms with Crippen molar-refractivity contribution in [2.75, 3.05) is 18.4 Å². The molecular formula is C12H14N4O2. The van der Waals surface area contributed by atoms with Crippen molar-refractivity contribution < 1.29 is 9.59 Å². The summed E-state index contributed by atoms with van der Waals surface area (Å²) in [5.41, 5.74) is 6.58. The second-order valence-corrected chi connectivity index (χ2v) is 3.56. The Bertz CT molecular complexity index is 462. The van der Waals surface area contributed by atoms with Gasteiger partial charge in [-0.05, 0) is 17.7 Å². The van der Waals surface area contributed by atoms with Crippen LogP contribution in [0.15, 0.2) is 24.3 Å². The number of hydrogen-bond donors (Lipinski definition) is 3. The van der Waals surface area contributed by atoms with Gasteiger partial charge in [0.25, 0.3) is 0 Å². The maximum absolute atomic E-state index is 11.4. The number of carbonyl (C=O) groups is 2. The molecule has 0 aliphatic carbocycles. The number of carbonyl (C=O) groups excluding carboxylic acids is 2. The van der Waals surface area contributed by atoms with E-state index in [0.29, 0.717) is 12.1 Å². The predicted molar refractivity (Wildman–Crippen MR) is 66.5 cm³/mol. The van der Waals surface area contributed by atoms with E-state index >= 15 is 0 Å². The lowest BCUT2D eigenvalue weighted by Gasteiger charge is -2.06. The molecular weight excluding hydrogens is 232 g/mol. The average Bonchev–Trinajstić information content (AvgIpc) is 2.38. The molecule has 0 aromatic heterocycles. The monoisotopic (exact) mass is 246 g/mol. The molecule has 18 heavy (non-hydrogen) atoms.